The maximum atomic E-state index is 13.5. The van der Waals surface area contributed by atoms with Gasteiger partial charge in [-0.05, 0) is 31.1 Å². The predicted octanol–water partition coefficient (Wildman–Crippen LogP) is 1.11. The molecule has 3 N–H and O–H groups in total. The first-order valence-corrected chi connectivity index (χ1v) is 11.6. The summed E-state index contributed by atoms with van der Waals surface area (Å²) in [5.74, 6) is -0.503. The molecule has 180 valence electrons. The number of nitrogens with one attached hydrogen (secondary N) is 1. The number of nitrogens with zero attached hydrogens (tertiary/aromatic N) is 1. The van der Waals surface area contributed by atoms with Gasteiger partial charge < -0.3 is 34.3 Å². The van der Waals surface area contributed by atoms with Gasteiger partial charge in [0.05, 0.1) is 31.1 Å². The van der Waals surface area contributed by atoms with Gasteiger partial charge in [-0.3, -0.25) is 9.59 Å². The molecule has 1 saturated heterocycles. The van der Waals surface area contributed by atoms with Gasteiger partial charge in [0.1, 0.15) is 24.1 Å². The Kier molecular flexibility index (Phi) is 6.40. The molecule has 1 aliphatic carbocycles. The lowest BCUT2D eigenvalue weighted by Gasteiger charge is -2.41. The Morgan fingerprint density at radius 3 is 2.79 bits per heavy atom. The number of furan rings is 1. The average Bonchev–Trinajstić information content (AvgIpc) is 3.62. The number of hydrogen-bond donors (Lipinski definition) is 3. The normalized spacial score (nSPS) is 27.4. The van der Waals surface area contributed by atoms with Crippen LogP contribution in [0.4, 0.5) is 0 Å². The molecule has 3 aliphatic rings. The maximum absolute atomic E-state index is 13.5. The van der Waals surface area contributed by atoms with Crippen LogP contribution in [0, 0.1) is 0 Å². The molecule has 0 saturated carbocycles. The van der Waals surface area contributed by atoms with E-state index in [1.807, 2.05) is 18.2 Å². The zero-order chi connectivity index (χ0) is 23.7. The van der Waals surface area contributed by atoms with Crippen LogP contribution in [0.25, 0.3) is 0 Å². The summed E-state index contributed by atoms with van der Waals surface area (Å²) >= 11 is 0. The standard InChI is InChI=1S/C25H28N2O7/c28-9-8-26-24(30)17-12-18(22(29)23-21(17)16-4-1-2-5-19(16)34-23)27(13-15-7-11-32-14-15)25(31)20-6-3-10-33-20/h1-2,4-5,7,11-12,14,18,20-23,28-29H,3,6,8-10,13H2,(H,26,30)/t18-,20?,21+,22+,23+/m1/s1. The van der Waals surface area contributed by atoms with E-state index in [0.29, 0.717) is 24.4 Å². The highest BCUT2D eigenvalue weighted by Gasteiger charge is 2.51. The fraction of sp³-hybridized carbons (Fsp3) is 0.440. The number of fused-ring (bicyclic) bond motifs is 3. The van der Waals surface area contributed by atoms with E-state index in [1.165, 1.54) is 6.26 Å². The summed E-state index contributed by atoms with van der Waals surface area (Å²) in [5, 5.41) is 23.4. The Bertz CT molecular complexity index is 1060. The van der Waals surface area contributed by atoms with Gasteiger partial charge in [0.2, 0.25) is 5.91 Å². The second kappa shape index (κ2) is 9.61. The lowest BCUT2D eigenvalue weighted by Crippen LogP contribution is -2.57. The number of ether oxygens (including phenoxy) is 2. The Morgan fingerprint density at radius 1 is 1.21 bits per heavy atom. The first-order chi connectivity index (χ1) is 16.6. The molecule has 0 spiro atoms. The average molecular weight is 469 g/mol. The number of aliphatic hydroxyl groups is 2. The Balaban J connectivity index is 1.54. The van der Waals surface area contributed by atoms with Crippen molar-refractivity contribution in [3.05, 3.63) is 65.6 Å². The summed E-state index contributed by atoms with van der Waals surface area (Å²) in [6.45, 7) is 0.591. The molecule has 1 fully saturated rings. The van der Waals surface area contributed by atoms with E-state index in [0.717, 1.165) is 17.5 Å². The molecule has 2 aliphatic heterocycles. The highest BCUT2D eigenvalue weighted by atomic mass is 16.5. The van der Waals surface area contributed by atoms with Gasteiger partial charge in [-0.1, -0.05) is 18.2 Å². The molecule has 3 heterocycles. The predicted molar refractivity (Wildman–Crippen MR) is 120 cm³/mol. The number of carbonyl (C=O) groups excluding carboxylic acids is 2. The van der Waals surface area contributed by atoms with Gasteiger partial charge in [-0.2, -0.15) is 0 Å². The number of rotatable bonds is 7. The van der Waals surface area contributed by atoms with Crippen molar-refractivity contribution in [2.75, 3.05) is 19.8 Å². The molecule has 5 rings (SSSR count). The molecular weight excluding hydrogens is 440 g/mol. The lowest BCUT2D eigenvalue weighted by molar-refractivity contribution is -0.147. The molecule has 2 aromatic rings. The topological polar surface area (TPSA) is 121 Å². The summed E-state index contributed by atoms with van der Waals surface area (Å²) in [6, 6.07) is 8.31. The van der Waals surface area contributed by atoms with Gasteiger partial charge in [0, 0.05) is 36.4 Å². The smallest absolute Gasteiger partial charge is 0.252 e. The van der Waals surface area contributed by atoms with Crippen molar-refractivity contribution in [1.82, 2.24) is 10.2 Å². The van der Waals surface area contributed by atoms with E-state index >= 15 is 0 Å². The molecule has 9 heteroatoms. The van der Waals surface area contributed by atoms with E-state index in [9.17, 15) is 19.8 Å². The summed E-state index contributed by atoms with van der Waals surface area (Å²) in [6.07, 6.45) is 3.71. The highest BCUT2D eigenvalue weighted by Crippen LogP contribution is 2.47. The van der Waals surface area contributed by atoms with Crippen molar-refractivity contribution in [1.29, 1.82) is 0 Å². The second-order valence-corrected chi connectivity index (χ2v) is 8.78. The number of hydrogen-bond acceptors (Lipinski definition) is 7. The minimum atomic E-state index is -1.08. The van der Waals surface area contributed by atoms with Crippen LogP contribution < -0.4 is 10.1 Å². The van der Waals surface area contributed by atoms with Crippen molar-refractivity contribution in [2.24, 2.45) is 0 Å². The Hall–Kier alpha value is -3.14. The maximum Gasteiger partial charge on any atom is 0.252 e. The molecule has 34 heavy (non-hydrogen) atoms. The SMILES string of the molecule is O=C(NCCO)C1=C[C@@H](N(Cc2ccoc2)C(=O)C2CCCO2)[C@H](O)[C@H]2Oc3ccccc3[C@@H]12. The van der Waals surface area contributed by atoms with Crippen LogP contribution >= 0.6 is 0 Å². The van der Waals surface area contributed by atoms with Gasteiger partial charge in [-0.15, -0.1) is 0 Å². The van der Waals surface area contributed by atoms with E-state index in [-0.39, 0.29) is 31.5 Å². The molecule has 2 amide bonds. The van der Waals surface area contributed by atoms with Crippen LogP contribution in [-0.2, 0) is 20.9 Å². The quantitative estimate of drug-likeness (QED) is 0.557. The molecule has 9 nitrogen and oxygen atoms in total. The minimum Gasteiger partial charge on any atom is -0.486 e. The second-order valence-electron chi connectivity index (χ2n) is 8.78. The minimum absolute atomic E-state index is 0.0941. The van der Waals surface area contributed by atoms with Crippen LogP contribution in [0.3, 0.4) is 0 Å². The first kappa shape index (κ1) is 22.6. The lowest BCUT2D eigenvalue weighted by atomic mass is 9.77. The van der Waals surface area contributed by atoms with Crippen LogP contribution in [0.2, 0.25) is 0 Å². The summed E-state index contributed by atoms with van der Waals surface area (Å²) < 4.78 is 17.0. The van der Waals surface area contributed by atoms with Crippen LogP contribution in [0.15, 0.2) is 58.9 Å². The van der Waals surface area contributed by atoms with E-state index in [2.05, 4.69) is 5.32 Å². The Morgan fingerprint density at radius 2 is 2.06 bits per heavy atom. The number of carbonyl (C=O) groups is 2. The van der Waals surface area contributed by atoms with Gasteiger partial charge in [-0.25, -0.2) is 0 Å². The zero-order valence-electron chi connectivity index (χ0n) is 18.6. The van der Waals surface area contributed by atoms with Crippen LogP contribution in [-0.4, -0.2) is 71.0 Å². The summed E-state index contributed by atoms with van der Waals surface area (Å²) in [5.41, 5.74) is 1.97. The Labute approximate surface area is 196 Å². The molecule has 0 radical (unpaired) electrons. The van der Waals surface area contributed by atoms with E-state index in [4.69, 9.17) is 13.9 Å². The first-order valence-electron chi connectivity index (χ1n) is 11.6. The van der Waals surface area contributed by atoms with Crippen LogP contribution in [0.5, 0.6) is 5.75 Å². The molecule has 1 aromatic heterocycles. The summed E-state index contributed by atoms with van der Waals surface area (Å²) in [7, 11) is 0. The van der Waals surface area contributed by atoms with Gasteiger partial charge in [0.15, 0.2) is 0 Å². The fourth-order valence-corrected chi connectivity index (χ4v) is 5.06. The van der Waals surface area contributed by atoms with Gasteiger partial charge in [0.25, 0.3) is 5.91 Å². The molecule has 0 bridgehead atoms. The molecule has 5 atom stereocenters. The van der Waals surface area contributed by atoms with Crippen molar-refractivity contribution >= 4 is 11.8 Å². The monoisotopic (exact) mass is 468 g/mol. The molecule has 1 unspecified atom stereocenters. The van der Waals surface area contributed by atoms with Gasteiger partial charge >= 0.3 is 0 Å². The van der Waals surface area contributed by atoms with Crippen LogP contribution in [0.1, 0.15) is 29.9 Å². The van der Waals surface area contributed by atoms with E-state index < -0.39 is 30.3 Å². The fourth-order valence-electron chi connectivity index (χ4n) is 5.06. The van der Waals surface area contributed by atoms with Crippen molar-refractivity contribution < 1.29 is 33.7 Å². The molecule has 1 aromatic carbocycles. The third kappa shape index (κ3) is 4.11. The number of para-hydroxylation sites is 1. The summed E-state index contributed by atoms with van der Waals surface area (Å²) in [4.78, 5) is 28.2. The number of benzene rings is 1. The van der Waals surface area contributed by atoms with E-state index in [1.54, 1.807) is 29.4 Å². The van der Waals surface area contributed by atoms with Crippen molar-refractivity contribution in [3.63, 3.8) is 0 Å². The van der Waals surface area contributed by atoms with Crippen molar-refractivity contribution in [3.8, 4) is 5.75 Å². The number of aliphatic hydroxyl groups excluding tert-OH is 2. The number of amides is 2. The zero-order valence-corrected chi connectivity index (χ0v) is 18.6. The van der Waals surface area contributed by atoms with Crippen molar-refractivity contribution in [2.45, 2.75) is 49.7 Å². The largest absolute Gasteiger partial charge is 0.486 e. The molecular formula is C25H28N2O7. The third-order valence-corrected chi connectivity index (χ3v) is 6.66. The highest BCUT2D eigenvalue weighted by molar-refractivity contribution is 5.96. The third-order valence-electron chi connectivity index (χ3n) is 6.66.